The van der Waals surface area contributed by atoms with E-state index in [1.165, 1.54) is 44.6 Å². The molecule has 0 bridgehead atoms. The van der Waals surface area contributed by atoms with Gasteiger partial charge in [0.05, 0.1) is 70.4 Å². The number of amides is 2. The number of nitrogens with zero attached hydrogens (tertiary/aromatic N) is 12. The Kier molecular flexibility index (Phi) is 19.0. The number of imidazole rings is 2. The quantitative estimate of drug-likeness (QED) is 0.0367. The average molecular weight is 1190 g/mol. The molecule has 454 valence electrons. The van der Waals surface area contributed by atoms with Crippen molar-refractivity contribution in [2.45, 2.75) is 45.1 Å². The molecule has 1 saturated carbocycles. The van der Waals surface area contributed by atoms with Gasteiger partial charge in [-0.15, -0.1) is 13.2 Å². The number of carbonyl (C=O) groups is 2. The summed E-state index contributed by atoms with van der Waals surface area (Å²) in [6, 6.07) is 18.3. The minimum Gasteiger partial charge on any atom is -0.494 e. The SMILES string of the molecule is C=CC(=O)Nc1cc(Nc2ncc(C(F)(F)F)c(-n3c(C)nc4cc(OC(F)(F)F)ccc43)n2)c(OC)cc1N(C)CCN(C)C.C=CC(=O)Nc1cc(Nc2nccc(-n3c(C)nc4cc(C5CC5)ccc43)n2)c(OC)cc1N(C)CCN(C)C. The van der Waals surface area contributed by atoms with Crippen LogP contribution in [0.1, 0.15) is 41.5 Å². The third kappa shape index (κ3) is 15.1. The van der Waals surface area contributed by atoms with E-state index in [2.05, 4.69) is 87.1 Å². The Balaban J connectivity index is 0.000000225. The van der Waals surface area contributed by atoms with E-state index in [4.69, 9.17) is 19.4 Å². The smallest absolute Gasteiger partial charge is 0.494 e. The number of likely N-dealkylation sites (N-methyl/N-ethyl adjacent to an activating group) is 4. The fourth-order valence-corrected chi connectivity index (χ4v) is 9.21. The maximum atomic E-state index is 14.2. The number of fused-ring (bicyclic) bond motifs is 2. The molecule has 1 fully saturated rings. The topological polar surface area (TPSA) is 210 Å². The number of ether oxygens (including phenoxy) is 3. The molecule has 27 heteroatoms. The third-order valence-electron chi connectivity index (χ3n) is 13.7. The number of methoxy groups -OCH3 is 2. The maximum absolute atomic E-state index is 14.2. The lowest BCUT2D eigenvalue weighted by Crippen LogP contribution is -2.29. The van der Waals surface area contributed by atoms with Gasteiger partial charge in [-0.1, -0.05) is 19.2 Å². The highest BCUT2D eigenvalue weighted by atomic mass is 19.4. The summed E-state index contributed by atoms with van der Waals surface area (Å²) in [6.45, 7) is 13.3. The zero-order valence-electron chi connectivity index (χ0n) is 49.1. The standard InChI is InChI=1S/C30H36N8O2.C29H30F6N8O3/c1-7-29(39)33-23-17-24(27(40-6)18-26(23)37(5)15-14-36(3)4)34-30-31-13-12-28(35-30)38-19(2)32-22-16-21(20-8-9-20)10-11-25(22)38;1-7-25(44)38-20-13-21(24(45-6)14-23(20)42(5)11-10-41(3)4)39-27-36-15-18(28(30,31)32)26(40-27)43-16(2)37-19-12-17(8-9-22(19)43)46-29(33,34)35/h7,10-13,16-18,20H,1,8-9,14-15H2,2-6H3,(H,33,39)(H,31,34,35);7-9,12-15H,1,10-11H2,2-6H3,(H,38,44)(H,36,39,40). The molecule has 0 saturated heterocycles. The molecular formula is C59H66F6N16O5. The molecule has 0 spiro atoms. The molecule has 4 aromatic heterocycles. The Morgan fingerprint density at radius 1 is 0.640 bits per heavy atom. The number of nitrogens with one attached hydrogen (secondary N) is 4. The van der Waals surface area contributed by atoms with Crippen LogP contribution in [0.2, 0.25) is 0 Å². The van der Waals surface area contributed by atoms with Gasteiger partial charge in [0, 0.05) is 70.9 Å². The molecular weight excluding hydrogens is 1130 g/mol. The van der Waals surface area contributed by atoms with Crippen molar-refractivity contribution in [1.29, 1.82) is 0 Å². The number of aryl methyl sites for hydroxylation is 2. The molecule has 86 heavy (non-hydrogen) atoms. The molecule has 4 heterocycles. The molecule has 4 N–H and O–H groups in total. The van der Waals surface area contributed by atoms with Crippen LogP contribution in [0.4, 0.5) is 72.4 Å². The van der Waals surface area contributed by atoms with Crippen LogP contribution in [0.5, 0.6) is 17.2 Å². The summed E-state index contributed by atoms with van der Waals surface area (Å²) in [6.07, 6.45) is -2.75. The Bertz CT molecular complexity index is 3800. The predicted octanol–water partition coefficient (Wildman–Crippen LogP) is 10.8. The van der Waals surface area contributed by atoms with Gasteiger partial charge in [-0.3, -0.25) is 18.7 Å². The largest absolute Gasteiger partial charge is 0.573 e. The van der Waals surface area contributed by atoms with E-state index in [0.717, 1.165) is 64.5 Å². The molecule has 1 aliphatic rings. The Morgan fingerprint density at radius 3 is 1.65 bits per heavy atom. The molecule has 9 rings (SSSR count). The normalized spacial score (nSPS) is 12.4. The summed E-state index contributed by atoms with van der Waals surface area (Å²) in [5.41, 5.74) is 5.27. The number of anilines is 8. The van der Waals surface area contributed by atoms with Gasteiger partial charge in [-0.25, -0.2) is 19.9 Å². The Labute approximate surface area is 492 Å². The van der Waals surface area contributed by atoms with Crippen LogP contribution in [-0.4, -0.2) is 150 Å². The van der Waals surface area contributed by atoms with Crippen LogP contribution >= 0.6 is 0 Å². The molecule has 0 atom stereocenters. The molecule has 8 aromatic rings. The Hall–Kier alpha value is -9.50. The molecule has 0 aliphatic heterocycles. The number of hydrogen-bond acceptors (Lipinski definition) is 17. The van der Waals surface area contributed by atoms with E-state index in [1.54, 1.807) is 19.4 Å². The summed E-state index contributed by atoms with van der Waals surface area (Å²) >= 11 is 0. The molecule has 1 aliphatic carbocycles. The number of alkyl halides is 6. The van der Waals surface area contributed by atoms with Crippen molar-refractivity contribution in [3.8, 4) is 28.9 Å². The summed E-state index contributed by atoms with van der Waals surface area (Å²) in [4.78, 5) is 58.8. The fraction of sp³-hybridized carbons (Fsp3) is 0.322. The van der Waals surface area contributed by atoms with Crippen LogP contribution in [0, 0.1) is 13.8 Å². The number of halogens is 6. The highest BCUT2D eigenvalue weighted by Gasteiger charge is 2.37. The monoisotopic (exact) mass is 1190 g/mol. The highest BCUT2D eigenvalue weighted by molar-refractivity contribution is 6.03. The van der Waals surface area contributed by atoms with Gasteiger partial charge in [-0.2, -0.15) is 23.1 Å². The number of aromatic nitrogens is 8. The van der Waals surface area contributed by atoms with Crippen molar-refractivity contribution in [3.63, 3.8) is 0 Å². The first kappa shape index (κ1) is 62.5. The van der Waals surface area contributed by atoms with E-state index in [1.807, 2.05) is 81.8 Å². The minimum atomic E-state index is -4.97. The van der Waals surface area contributed by atoms with Gasteiger partial charge in [0.2, 0.25) is 23.7 Å². The zero-order valence-corrected chi connectivity index (χ0v) is 49.1. The lowest BCUT2D eigenvalue weighted by atomic mass is 10.1. The Morgan fingerprint density at radius 2 is 1.15 bits per heavy atom. The molecule has 2 amide bonds. The van der Waals surface area contributed by atoms with Gasteiger partial charge in [0.1, 0.15) is 40.3 Å². The van der Waals surface area contributed by atoms with Crippen molar-refractivity contribution >= 4 is 79.9 Å². The first-order chi connectivity index (χ1) is 40.8. The third-order valence-corrected chi connectivity index (χ3v) is 13.7. The molecule has 0 radical (unpaired) electrons. The second-order valence-corrected chi connectivity index (χ2v) is 20.6. The van der Waals surface area contributed by atoms with E-state index in [-0.39, 0.29) is 40.2 Å². The van der Waals surface area contributed by atoms with Crippen LogP contribution in [0.15, 0.2) is 104 Å². The number of hydrogen-bond donors (Lipinski definition) is 4. The van der Waals surface area contributed by atoms with E-state index in [0.29, 0.717) is 65.5 Å². The number of benzene rings is 4. The minimum absolute atomic E-state index is 0.00595. The van der Waals surface area contributed by atoms with Gasteiger partial charge in [-0.05, 0) is 121 Å². The van der Waals surface area contributed by atoms with E-state index < -0.39 is 35.6 Å². The van der Waals surface area contributed by atoms with E-state index >= 15 is 0 Å². The van der Waals surface area contributed by atoms with Gasteiger partial charge in [0.25, 0.3) is 0 Å². The number of carbonyl (C=O) groups excluding carboxylic acids is 2. The summed E-state index contributed by atoms with van der Waals surface area (Å²) in [7, 11) is 14.7. The van der Waals surface area contributed by atoms with Crippen molar-refractivity contribution in [1.82, 2.24) is 48.8 Å². The predicted molar refractivity (Wildman–Crippen MR) is 320 cm³/mol. The van der Waals surface area contributed by atoms with Crippen molar-refractivity contribution in [2.75, 3.05) is 114 Å². The van der Waals surface area contributed by atoms with Crippen molar-refractivity contribution in [3.05, 3.63) is 127 Å². The summed E-state index contributed by atoms with van der Waals surface area (Å²) in [5.74, 6) is 1.16. The van der Waals surface area contributed by atoms with Crippen LogP contribution < -0.4 is 45.3 Å². The van der Waals surface area contributed by atoms with Gasteiger partial charge in [0.15, 0.2) is 5.82 Å². The first-order valence-electron chi connectivity index (χ1n) is 26.9. The zero-order chi connectivity index (χ0) is 62.4. The second kappa shape index (κ2) is 26.2. The fourth-order valence-electron chi connectivity index (χ4n) is 9.21. The summed E-state index contributed by atoms with van der Waals surface area (Å²) < 4.78 is 99.1. The summed E-state index contributed by atoms with van der Waals surface area (Å²) in [5, 5.41) is 11.8. The van der Waals surface area contributed by atoms with Crippen LogP contribution in [-0.2, 0) is 15.8 Å². The number of rotatable bonds is 22. The molecule has 21 nitrogen and oxygen atoms in total. The first-order valence-corrected chi connectivity index (χ1v) is 26.9. The average Bonchev–Trinajstić information content (AvgIpc) is 1.63. The molecule has 4 aromatic carbocycles. The van der Waals surface area contributed by atoms with E-state index in [9.17, 15) is 35.9 Å². The van der Waals surface area contributed by atoms with Gasteiger partial charge >= 0.3 is 12.5 Å². The van der Waals surface area contributed by atoms with Crippen molar-refractivity contribution < 1.29 is 50.1 Å². The van der Waals surface area contributed by atoms with Crippen molar-refractivity contribution in [2.24, 2.45) is 0 Å². The highest BCUT2D eigenvalue weighted by Crippen LogP contribution is 2.43. The second-order valence-electron chi connectivity index (χ2n) is 20.6. The molecule has 0 unspecified atom stereocenters. The van der Waals surface area contributed by atoms with Crippen LogP contribution in [0.3, 0.4) is 0 Å². The maximum Gasteiger partial charge on any atom is 0.573 e. The van der Waals surface area contributed by atoms with Gasteiger partial charge < -0.3 is 55.1 Å². The van der Waals surface area contributed by atoms with Crippen LogP contribution in [0.25, 0.3) is 33.7 Å². The lowest BCUT2D eigenvalue weighted by molar-refractivity contribution is -0.274. The lowest BCUT2D eigenvalue weighted by Gasteiger charge is -2.26.